The third-order valence-corrected chi connectivity index (χ3v) is 8.88. The zero-order valence-corrected chi connectivity index (χ0v) is 24.1. The number of rotatable bonds is 20. The average Bonchev–Trinajstić information content (AvgIpc) is 2.91. The maximum atomic E-state index is 2.50. The highest BCUT2D eigenvalue weighted by atomic mass is 32.2. The van der Waals surface area contributed by atoms with Crippen LogP contribution in [0, 0.1) is 0 Å². The van der Waals surface area contributed by atoms with E-state index in [9.17, 15) is 0 Å². The molecule has 0 saturated heterocycles. The van der Waals surface area contributed by atoms with E-state index < -0.39 is 0 Å². The molecule has 0 fully saturated rings. The van der Waals surface area contributed by atoms with Crippen molar-refractivity contribution in [3.63, 3.8) is 0 Å². The second-order valence-corrected chi connectivity index (χ2v) is 11.9. The number of benzene rings is 2. The van der Waals surface area contributed by atoms with Gasteiger partial charge in [0.05, 0.1) is 0 Å². The fourth-order valence-corrected chi connectivity index (χ4v) is 6.61. The largest absolute Gasteiger partial charge is 0.0888 e. The van der Waals surface area contributed by atoms with Gasteiger partial charge in [0.25, 0.3) is 0 Å². The van der Waals surface area contributed by atoms with Crippen LogP contribution in [0.25, 0.3) is 5.57 Å². The topological polar surface area (TPSA) is 0 Å². The lowest BCUT2D eigenvalue weighted by Crippen LogP contribution is -1.98. The van der Waals surface area contributed by atoms with Gasteiger partial charge in [0.15, 0.2) is 0 Å². The monoisotopic (exact) mass is 504 g/mol. The summed E-state index contributed by atoms with van der Waals surface area (Å²) in [5.74, 6) is 0. The molecule has 0 unspecified atom stereocenters. The Kier molecular flexibility index (Phi) is 15.1. The molecule has 2 aromatic carbocycles. The number of hydrogen-bond acceptors (Lipinski definition) is 1. The van der Waals surface area contributed by atoms with Crippen LogP contribution >= 0.6 is 11.8 Å². The Morgan fingerprint density at radius 1 is 0.472 bits per heavy atom. The molecule has 0 nitrogen and oxygen atoms in total. The van der Waals surface area contributed by atoms with Crippen LogP contribution in [0.1, 0.15) is 146 Å². The smallest absolute Gasteiger partial charge is 0.0201 e. The number of unbranched alkanes of at least 4 members (excludes halogenated alkanes) is 19. The summed E-state index contributed by atoms with van der Waals surface area (Å²) < 4.78 is 0. The predicted molar refractivity (Wildman–Crippen MR) is 162 cm³/mol. The van der Waals surface area contributed by atoms with E-state index in [1.165, 1.54) is 155 Å². The molecule has 0 spiro atoms. The molecule has 0 radical (unpaired) electrons. The fraction of sp³-hybridized carbons (Fsp3) is 0.600. The molecular formula is C35H52S. The quantitative estimate of drug-likeness (QED) is 0.138. The Morgan fingerprint density at radius 3 is 1.25 bits per heavy atom. The van der Waals surface area contributed by atoms with E-state index in [4.69, 9.17) is 0 Å². The Labute approximate surface area is 227 Å². The molecule has 0 amide bonds. The van der Waals surface area contributed by atoms with Crippen LogP contribution in [-0.2, 0) is 0 Å². The van der Waals surface area contributed by atoms with Gasteiger partial charge in [-0.15, -0.1) is 0 Å². The summed E-state index contributed by atoms with van der Waals surface area (Å²) >= 11 is 1.91. The first-order valence-electron chi connectivity index (χ1n) is 15.5. The molecule has 36 heavy (non-hydrogen) atoms. The van der Waals surface area contributed by atoms with Crippen molar-refractivity contribution in [3.05, 3.63) is 65.7 Å². The first-order chi connectivity index (χ1) is 17.9. The molecule has 0 saturated carbocycles. The van der Waals surface area contributed by atoms with Crippen LogP contribution in [0.15, 0.2) is 64.4 Å². The molecule has 0 aliphatic carbocycles. The van der Waals surface area contributed by atoms with Crippen LogP contribution in [0.4, 0.5) is 0 Å². The van der Waals surface area contributed by atoms with Crippen molar-refractivity contribution in [1.29, 1.82) is 0 Å². The minimum Gasteiger partial charge on any atom is -0.0888 e. The van der Waals surface area contributed by atoms with Gasteiger partial charge in [0.1, 0.15) is 0 Å². The second-order valence-electron chi connectivity index (χ2n) is 10.9. The molecular weight excluding hydrogens is 452 g/mol. The van der Waals surface area contributed by atoms with Crippen LogP contribution in [0.2, 0.25) is 0 Å². The fourth-order valence-electron chi connectivity index (χ4n) is 5.51. The Bertz CT molecular complexity index is 817. The van der Waals surface area contributed by atoms with Crippen molar-refractivity contribution in [2.24, 2.45) is 0 Å². The molecule has 3 rings (SSSR count). The first kappa shape index (κ1) is 29.1. The zero-order chi connectivity index (χ0) is 25.1. The molecule has 0 atom stereocenters. The van der Waals surface area contributed by atoms with Crippen molar-refractivity contribution < 1.29 is 0 Å². The van der Waals surface area contributed by atoms with Gasteiger partial charge in [0.2, 0.25) is 0 Å². The van der Waals surface area contributed by atoms with E-state index in [0.29, 0.717) is 0 Å². The minimum atomic E-state index is 1.20. The van der Waals surface area contributed by atoms with Crippen molar-refractivity contribution in [3.8, 4) is 0 Å². The summed E-state index contributed by atoms with van der Waals surface area (Å²) in [6.07, 6.45) is 31.1. The van der Waals surface area contributed by atoms with Crippen LogP contribution < -0.4 is 0 Å². The molecule has 1 heterocycles. The van der Waals surface area contributed by atoms with Gasteiger partial charge in [-0.05, 0) is 41.7 Å². The van der Waals surface area contributed by atoms with Crippen molar-refractivity contribution in [2.75, 3.05) is 0 Å². The lowest BCUT2D eigenvalue weighted by molar-refractivity contribution is 0.523. The number of fused-ring (bicyclic) bond motifs is 2. The predicted octanol–water partition coefficient (Wildman–Crippen LogP) is 12.4. The van der Waals surface area contributed by atoms with E-state index in [2.05, 4.69) is 61.5 Å². The second kappa shape index (κ2) is 18.7. The minimum absolute atomic E-state index is 1.20. The molecule has 0 aromatic heterocycles. The van der Waals surface area contributed by atoms with Gasteiger partial charge >= 0.3 is 0 Å². The highest BCUT2D eigenvalue weighted by Gasteiger charge is 2.19. The van der Waals surface area contributed by atoms with Gasteiger partial charge in [0, 0.05) is 9.79 Å². The third-order valence-electron chi connectivity index (χ3n) is 7.73. The first-order valence-corrected chi connectivity index (χ1v) is 16.3. The lowest BCUT2D eigenvalue weighted by atomic mass is 9.95. The highest BCUT2D eigenvalue weighted by molar-refractivity contribution is 7.99. The molecule has 198 valence electrons. The average molecular weight is 505 g/mol. The maximum Gasteiger partial charge on any atom is 0.0201 e. The van der Waals surface area contributed by atoms with Crippen molar-refractivity contribution in [1.82, 2.24) is 0 Å². The summed E-state index contributed by atoms with van der Waals surface area (Å²) in [4.78, 5) is 2.80. The van der Waals surface area contributed by atoms with Gasteiger partial charge < -0.3 is 0 Å². The maximum absolute atomic E-state index is 2.50. The van der Waals surface area contributed by atoms with Crippen molar-refractivity contribution in [2.45, 2.75) is 145 Å². The zero-order valence-electron chi connectivity index (χ0n) is 23.2. The van der Waals surface area contributed by atoms with Gasteiger partial charge in [-0.2, -0.15) is 0 Å². The number of hydrogen-bond donors (Lipinski definition) is 0. The SMILES string of the molecule is CCCCCCCCCCCCCCCCCCCCCC=C1c2ccccc2Sc2ccccc21. The molecule has 0 bridgehead atoms. The third kappa shape index (κ3) is 10.9. The van der Waals surface area contributed by atoms with Crippen molar-refractivity contribution >= 4 is 17.3 Å². The number of allylic oxidation sites excluding steroid dienone is 1. The van der Waals surface area contributed by atoms with Gasteiger partial charge in [-0.25, -0.2) is 0 Å². The summed E-state index contributed by atoms with van der Waals surface area (Å²) in [6.45, 7) is 2.30. The molecule has 1 aliphatic rings. The highest BCUT2D eigenvalue weighted by Crippen LogP contribution is 2.45. The summed E-state index contributed by atoms with van der Waals surface area (Å²) in [5.41, 5.74) is 4.28. The van der Waals surface area contributed by atoms with Gasteiger partial charge in [-0.1, -0.05) is 177 Å². The van der Waals surface area contributed by atoms with E-state index in [0.717, 1.165) is 0 Å². The molecule has 0 N–H and O–H groups in total. The standard InChI is InChI=1S/C35H52S/c1-2-3-4-5-6-7-8-9-10-11-12-13-14-15-16-17-18-19-20-21-26-31-32-27-22-24-29-34(32)36-35-30-25-23-28-33(31)35/h22-30H,2-21H2,1H3. The lowest BCUT2D eigenvalue weighted by Gasteiger charge is -2.22. The van der Waals surface area contributed by atoms with Gasteiger partial charge in [-0.3, -0.25) is 0 Å². The Hall–Kier alpha value is -1.47. The van der Waals surface area contributed by atoms with Crippen LogP contribution in [0.3, 0.4) is 0 Å². The molecule has 1 aliphatic heterocycles. The van der Waals surface area contributed by atoms with E-state index in [1.54, 1.807) is 0 Å². The summed E-state index contributed by atoms with van der Waals surface area (Å²) in [7, 11) is 0. The summed E-state index contributed by atoms with van der Waals surface area (Å²) in [6, 6.07) is 17.8. The van der Waals surface area contributed by atoms with E-state index >= 15 is 0 Å². The molecule has 1 heteroatoms. The Morgan fingerprint density at radius 2 is 0.833 bits per heavy atom. The summed E-state index contributed by atoms with van der Waals surface area (Å²) in [5, 5.41) is 0. The normalized spacial score (nSPS) is 12.4. The van der Waals surface area contributed by atoms with Crippen LogP contribution in [-0.4, -0.2) is 0 Å². The van der Waals surface area contributed by atoms with Crippen LogP contribution in [0.5, 0.6) is 0 Å². The van der Waals surface area contributed by atoms with E-state index in [-0.39, 0.29) is 0 Å². The Balaban J connectivity index is 1.15. The molecule has 2 aromatic rings. The van der Waals surface area contributed by atoms with E-state index in [1.807, 2.05) is 11.8 Å².